The Bertz CT molecular complexity index is 1080. The molecule has 2 N–H and O–H groups in total. The van der Waals surface area contributed by atoms with E-state index in [4.69, 9.17) is 4.18 Å². The average molecular weight is 595 g/mol. The van der Waals surface area contributed by atoms with Gasteiger partial charge in [-0.2, -0.15) is 0 Å². The van der Waals surface area contributed by atoms with Crippen LogP contribution >= 0.6 is 0 Å². The molecule has 0 heterocycles. The van der Waals surface area contributed by atoms with Crippen molar-refractivity contribution in [2.45, 2.75) is 110 Å². The van der Waals surface area contributed by atoms with Gasteiger partial charge < -0.3 is 19.3 Å². The molecule has 4 aliphatic rings. The van der Waals surface area contributed by atoms with Crippen LogP contribution in [0.15, 0.2) is 0 Å². The average Bonchev–Trinajstić information content (AvgIpc) is 3.17. The lowest BCUT2D eigenvalue weighted by Gasteiger charge is -2.63. The van der Waals surface area contributed by atoms with Crippen molar-refractivity contribution < 1.29 is 44.5 Å². The van der Waals surface area contributed by atoms with Gasteiger partial charge in [0.25, 0.3) is 0 Å². The van der Waals surface area contributed by atoms with Gasteiger partial charge in [-0.1, -0.05) is 40.5 Å². The molecule has 0 radical (unpaired) electrons. The van der Waals surface area contributed by atoms with Crippen LogP contribution < -0.4 is 0 Å². The lowest BCUT2D eigenvalue weighted by molar-refractivity contribution is -0.204. The van der Waals surface area contributed by atoms with E-state index in [0.717, 1.165) is 44.9 Å². The molecular formula is C27H46O10S2-2. The molecule has 0 spiro atoms. The number of hydrogen-bond acceptors (Lipinski definition) is 10. The summed E-state index contributed by atoms with van der Waals surface area (Å²) < 4.78 is 74.9. The lowest BCUT2D eigenvalue weighted by atomic mass is 9.43. The maximum Gasteiger partial charge on any atom is 0.217 e. The standard InChI is InChI=1S/C27H48O10S2/c1-16(15-36-38(30,31)32)6-5-7-17(2)18-8-9-19-24-20(10-12-26(18,19)3)27(4)13-11-23(37-39(33,34)35)25(29)21(27)14-22(24)28/h16-25,28-29H,5-15H2,1-4H3,(H,30,31,32)(H,33,34,35)/p-2/t16?,17?,18?,19?,20?,21?,22?,23?,24?,25-,26-,27-/m1/s1. The first-order valence-electron chi connectivity index (χ1n) is 14.6. The highest BCUT2D eigenvalue weighted by atomic mass is 32.3. The Morgan fingerprint density at radius 1 is 0.872 bits per heavy atom. The van der Waals surface area contributed by atoms with Gasteiger partial charge in [0.05, 0.1) is 18.8 Å². The van der Waals surface area contributed by atoms with E-state index in [1.165, 1.54) is 0 Å². The summed E-state index contributed by atoms with van der Waals surface area (Å²) in [5.74, 6) is 1.37. The summed E-state index contributed by atoms with van der Waals surface area (Å²) in [5.41, 5.74) is -0.150. The topological polar surface area (TPSA) is 173 Å². The van der Waals surface area contributed by atoms with Gasteiger partial charge in [0.1, 0.15) is 6.10 Å². The van der Waals surface area contributed by atoms with E-state index in [1.807, 2.05) is 6.92 Å². The fourth-order valence-corrected chi connectivity index (χ4v) is 10.7. The molecule has 4 fully saturated rings. The Labute approximate surface area is 234 Å². The fraction of sp³-hybridized carbons (Fsp3) is 1.00. The zero-order chi connectivity index (χ0) is 29.0. The Morgan fingerprint density at radius 3 is 2.15 bits per heavy atom. The number of aliphatic hydroxyl groups excluding tert-OH is 2. The van der Waals surface area contributed by atoms with Crippen LogP contribution in [0.5, 0.6) is 0 Å². The Balaban J connectivity index is 1.41. The second-order valence-corrected chi connectivity index (χ2v) is 15.8. The van der Waals surface area contributed by atoms with Gasteiger partial charge in [-0.15, -0.1) is 0 Å². The smallest absolute Gasteiger partial charge is 0.217 e. The highest BCUT2D eigenvalue weighted by molar-refractivity contribution is 7.81. The Morgan fingerprint density at radius 2 is 1.51 bits per heavy atom. The monoisotopic (exact) mass is 594 g/mol. The summed E-state index contributed by atoms with van der Waals surface area (Å²) >= 11 is 0. The molecule has 4 rings (SSSR count). The molecule has 0 bridgehead atoms. The van der Waals surface area contributed by atoms with E-state index in [-0.39, 0.29) is 41.1 Å². The molecule has 0 amide bonds. The number of hydrogen-bond donors (Lipinski definition) is 2. The van der Waals surface area contributed by atoms with Gasteiger partial charge >= 0.3 is 0 Å². The second kappa shape index (κ2) is 11.4. The van der Waals surface area contributed by atoms with Crippen LogP contribution in [-0.2, 0) is 29.2 Å². The molecule has 4 saturated carbocycles. The maximum absolute atomic E-state index is 11.5. The van der Waals surface area contributed by atoms with Gasteiger partial charge in [0.2, 0.25) is 20.8 Å². The summed E-state index contributed by atoms with van der Waals surface area (Å²) in [6.45, 7) is 8.66. The molecule has 12 atom stereocenters. The molecule has 0 aromatic carbocycles. The molecule has 0 aromatic rings. The molecule has 228 valence electrons. The van der Waals surface area contributed by atoms with E-state index in [2.05, 4.69) is 25.0 Å². The SMILES string of the molecule is CC(CCCC(C)C1CCC2C3C(O)CC4[C@@H](O)C(OS(=O)(=O)[O-])CC[C@]4(C)C3CC[C@]12C)COS(=O)(=O)[O-]. The van der Waals surface area contributed by atoms with Gasteiger partial charge in [-0.05, 0) is 104 Å². The van der Waals surface area contributed by atoms with Crippen molar-refractivity contribution in [2.75, 3.05) is 6.61 Å². The summed E-state index contributed by atoms with van der Waals surface area (Å²) in [7, 11) is -9.58. The molecule has 12 heteroatoms. The van der Waals surface area contributed by atoms with Crippen LogP contribution in [0.4, 0.5) is 0 Å². The number of aliphatic hydroxyl groups is 2. The van der Waals surface area contributed by atoms with E-state index < -0.39 is 39.1 Å². The van der Waals surface area contributed by atoms with Crippen LogP contribution in [0.2, 0.25) is 0 Å². The molecule has 4 aliphatic carbocycles. The minimum atomic E-state index is -4.92. The summed E-state index contributed by atoms with van der Waals surface area (Å²) in [6.07, 6.45) is 5.45. The van der Waals surface area contributed by atoms with Crippen LogP contribution in [-0.4, -0.2) is 61.1 Å². The van der Waals surface area contributed by atoms with E-state index in [9.17, 15) is 36.2 Å². The molecule has 9 unspecified atom stereocenters. The van der Waals surface area contributed by atoms with Gasteiger partial charge in [0.15, 0.2) is 0 Å². The van der Waals surface area contributed by atoms with Crippen LogP contribution in [0.25, 0.3) is 0 Å². The zero-order valence-electron chi connectivity index (χ0n) is 23.5. The molecule has 10 nitrogen and oxygen atoms in total. The summed E-state index contributed by atoms with van der Waals surface area (Å²) in [6, 6.07) is 0. The predicted octanol–water partition coefficient (Wildman–Crippen LogP) is 3.35. The quantitative estimate of drug-likeness (QED) is 0.282. The first-order valence-corrected chi connectivity index (χ1v) is 17.2. The molecule has 0 aliphatic heterocycles. The summed E-state index contributed by atoms with van der Waals surface area (Å²) in [5, 5.41) is 22.5. The van der Waals surface area contributed by atoms with Crippen molar-refractivity contribution in [3.8, 4) is 0 Å². The number of rotatable bonds is 10. The predicted molar refractivity (Wildman–Crippen MR) is 140 cm³/mol. The van der Waals surface area contributed by atoms with E-state index >= 15 is 0 Å². The van der Waals surface area contributed by atoms with Gasteiger partial charge in [-0.25, -0.2) is 16.8 Å². The zero-order valence-corrected chi connectivity index (χ0v) is 25.2. The third kappa shape index (κ3) is 6.53. The number of fused-ring (bicyclic) bond motifs is 5. The summed E-state index contributed by atoms with van der Waals surface area (Å²) in [4.78, 5) is 0. The first kappa shape index (κ1) is 31.6. The van der Waals surface area contributed by atoms with Crippen LogP contribution in [0, 0.1) is 52.3 Å². The van der Waals surface area contributed by atoms with Gasteiger partial charge in [0, 0.05) is 0 Å². The van der Waals surface area contributed by atoms with Crippen molar-refractivity contribution >= 4 is 20.8 Å². The van der Waals surface area contributed by atoms with Crippen LogP contribution in [0.3, 0.4) is 0 Å². The maximum atomic E-state index is 11.5. The van der Waals surface area contributed by atoms with E-state index in [1.54, 1.807) is 0 Å². The minimum Gasteiger partial charge on any atom is -0.726 e. The molecular weight excluding hydrogens is 548 g/mol. The van der Waals surface area contributed by atoms with Crippen molar-refractivity contribution in [2.24, 2.45) is 52.3 Å². The highest BCUT2D eigenvalue weighted by Gasteiger charge is 2.64. The molecule has 0 saturated heterocycles. The Kier molecular flexibility index (Phi) is 9.23. The molecule has 39 heavy (non-hydrogen) atoms. The van der Waals surface area contributed by atoms with Crippen molar-refractivity contribution in [1.29, 1.82) is 0 Å². The van der Waals surface area contributed by atoms with Crippen molar-refractivity contribution in [3.05, 3.63) is 0 Å². The van der Waals surface area contributed by atoms with Crippen LogP contribution in [0.1, 0.15) is 91.9 Å². The van der Waals surface area contributed by atoms with Crippen molar-refractivity contribution in [1.82, 2.24) is 0 Å². The fourth-order valence-electron chi connectivity index (χ4n) is 9.75. The van der Waals surface area contributed by atoms with Crippen molar-refractivity contribution in [3.63, 3.8) is 0 Å². The second-order valence-electron chi connectivity index (χ2n) is 13.7. The highest BCUT2D eigenvalue weighted by Crippen LogP contribution is 2.68. The third-order valence-electron chi connectivity index (χ3n) is 11.6. The molecule has 0 aromatic heterocycles. The lowest BCUT2D eigenvalue weighted by Crippen LogP contribution is -2.62. The van der Waals surface area contributed by atoms with E-state index in [0.29, 0.717) is 37.0 Å². The van der Waals surface area contributed by atoms with Gasteiger partial charge in [-0.3, -0.25) is 8.37 Å². The first-order chi connectivity index (χ1) is 18.0. The Hall–Kier alpha value is -0.340. The third-order valence-corrected chi connectivity index (χ3v) is 12.5. The largest absolute Gasteiger partial charge is 0.726 e. The normalized spacial score (nSPS) is 44.2. The minimum absolute atomic E-state index is 0.0149.